The van der Waals surface area contributed by atoms with E-state index in [1.54, 1.807) is 12.4 Å². The molecule has 1 aromatic carbocycles. The molecule has 0 fully saturated rings. The van der Waals surface area contributed by atoms with Crippen LogP contribution in [0.5, 0.6) is 0 Å². The van der Waals surface area contributed by atoms with Gasteiger partial charge in [-0.1, -0.05) is 18.2 Å². The van der Waals surface area contributed by atoms with Gasteiger partial charge in [-0.2, -0.15) is 5.26 Å². The van der Waals surface area contributed by atoms with Gasteiger partial charge < -0.3 is 4.57 Å². The van der Waals surface area contributed by atoms with Crippen molar-refractivity contribution in [2.24, 2.45) is 0 Å². The van der Waals surface area contributed by atoms with Gasteiger partial charge in [-0.15, -0.1) is 0 Å². The first-order valence-corrected chi connectivity index (χ1v) is 6.28. The van der Waals surface area contributed by atoms with Gasteiger partial charge in [0.15, 0.2) is 5.82 Å². The molecule has 96 valence electrons. The number of hydrogen-bond donors (Lipinski definition) is 0. The molecule has 0 aliphatic rings. The van der Waals surface area contributed by atoms with Crippen LogP contribution in [0.2, 0.25) is 0 Å². The van der Waals surface area contributed by atoms with Gasteiger partial charge >= 0.3 is 0 Å². The third-order valence-corrected chi connectivity index (χ3v) is 3.05. The fourth-order valence-electron chi connectivity index (χ4n) is 2.05. The van der Waals surface area contributed by atoms with Crippen molar-refractivity contribution >= 4 is 0 Å². The second-order valence-electron chi connectivity index (χ2n) is 4.40. The van der Waals surface area contributed by atoms with Crippen molar-refractivity contribution in [3.05, 3.63) is 72.2 Å². The normalized spacial score (nSPS) is 10.2. The highest BCUT2D eigenvalue weighted by molar-refractivity contribution is 5.49. The van der Waals surface area contributed by atoms with Crippen molar-refractivity contribution in [1.82, 2.24) is 14.5 Å². The number of aromatic nitrogens is 3. The van der Waals surface area contributed by atoms with E-state index in [1.807, 2.05) is 53.2 Å². The first kappa shape index (κ1) is 12.1. The second kappa shape index (κ2) is 5.37. The van der Waals surface area contributed by atoms with E-state index < -0.39 is 0 Å². The molecule has 0 amide bonds. The average molecular weight is 260 g/mol. The van der Waals surface area contributed by atoms with Crippen molar-refractivity contribution < 1.29 is 0 Å². The molecule has 2 aromatic heterocycles. The van der Waals surface area contributed by atoms with Crippen LogP contribution in [0.3, 0.4) is 0 Å². The van der Waals surface area contributed by atoms with Gasteiger partial charge in [-0.3, -0.25) is 4.98 Å². The summed E-state index contributed by atoms with van der Waals surface area (Å²) in [7, 11) is 0. The molecule has 0 radical (unpaired) electrons. The van der Waals surface area contributed by atoms with Gasteiger partial charge in [0, 0.05) is 25.1 Å². The largest absolute Gasteiger partial charge is 0.325 e. The Morgan fingerprint density at radius 1 is 1.00 bits per heavy atom. The standard InChI is InChI=1S/C16H12N4/c17-11-13-4-6-14(7-5-13)12-20-10-9-19-16(20)15-3-1-2-8-18-15/h1-10H,12H2. The summed E-state index contributed by atoms with van der Waals surface area (Å²) in [4.78, 5) is 8.69. The maximum Gasteiger partial charge on any atom is 0.158 e. The highest BCUT2D eigenvalue weighted by atomic mass is 15.1. The van der Waals surface area contributed by atoms with Crippen LogP contribution in [0.4, 0.5) is 0 Å². The van der Waals surface area contributed by atoms with Gasteiger partial charge in [0.05, 0.1) is 11.6 Å². The average Bonchev–Trinajstić information content (AvgIpc) is 2.97. The van der Waals surface area contributed by atoms with Crippen molar-refractivity contribution in [1.29, 1.82) is 5.26 Å². The van der Waals surface area contributed by atoms with E-state index in [0.717, 1.165) is 17.1 Å². The molecule has 20 heavy (non-hydrogen) atoms. The summed E-state index contributed by atoms with van der Waals surface area (Å²) in [5.74, 6) is 0.843. The molecule has 2 heterocycles. The summed E-state index contributed by atoms with van der Waals surface area (Å²) >= 11 is 0. The topological polar surface area (TPSA) is 54.5 Å². The molecule has 0 bridgehead atoms. The van der Waals surface area contributed by atoms with Crippen LogP contribution in [-0.4, -0.2) is 14.5 Å². The number of imidazole rings is 1. The van der Waals surface area contributed by atoms with Crippen molar-refractivity contribution in [2.75, 3.05) is 0 Å². The molecule has 0 aliphatic carbocycles. The molecule has 0 N–H and O–H groups in total. The number of rotatable bonds is 3. The van der Waals surface area contributed by atoms with E-state index >= 15 is 0 Å². The summed E-state index contributed by atoms with van der Waals surface area (Å²) in [5, 5.41) is 8.80. The summed E-state index contributed by atoms with van der Waals surface area (Å²) in [6.07, 6.45) is 5.46. The van der Waals surface area contributed by atoms with E-state index in [2.05, 4.69) is 16.0 Å². The zero-order valence-corrected chi connectivity index (χ0v) is 10.8. The minimum absolute atomic E-state index is 0.671. The van der Waals surface area contributed by atoms with Crippen LogP contribution in [0.25, 0.3) is 11.5 Å². The highest BCUT2D eigenvalue weighted by Crippen LogP contribution is 2.16. The Balaban J connectivity index is 1.89. The minimum atomic E-state index is 0.671. The van der Waals surface area contributed by atoms with Crippen LogP contribution in [0.15, 0.2) is 61.1 Å². The Morgan fingerprint density at radius 2 is 1.85 bits per heavy atom. The number of hydrogen-bond acceptors (Lipinski definition) is 3. The summed E-state index contributed by atoms with van der Waals surface area (Å²) in [6.45, 7) is 0.706. The Morgan fingerprint density at radius 3 is 2.55 bits per heavy atom. The Labute approximate surface area is 117 Å². The summed E-state index contributed by atoms with van der Waals surface area (Å²) in [5.41, 5.74) is 2.65. The molecule has 0 unspecified atom stereocenters. The van der Waals surface area contributed by atoms with Crippen LogP contribution in [-0.2, 0) is 6.54 Å². The predicted octanol–water partition coefficient (Wildman–Crippen LogP) is 2.87. The van der Waals surface area contributed by atoms with Gasteiger partial charge in [-0.05, 0) is 29.8 Å². The van der Waals surface area contributed by atoms with Crippen LogP contribution < -0.4 is 0 Å². The molecule has 0 aliphatic heterocycles. The van der Waals surface area contributed by atoms with Gasteiger partial charge in [0.25, 0.3) is 0 Å². The Hall–Kier alpha value is -2.93. The molecule has 4 heteroatoms. The van der Waals surface area contributed by atoms with Crippen LogP contribution >= 0.6 is 0 Å². The molecular weight excluding hydrogens is 248 g/mol. The smallest absolute Gasteiger partial charge is 0.158 e. The lowest BCUT2D eigenvalue weighted by Gasteiger charge is -2.07. The lowest BCUT2D eigenvalue weighted by Crippen LogP contribution is -2.01. The molecule has 3 aromatic rings. The fraction of sp³-hybridized carbons (Fsp3) is 0.0625. The summed E-state index contributed by atoms with van der Waals surface area (Å²) in [6, 6.07) is 15.5. The molecule has 4 nitrogen and oxygen atoms in total. The molecule has 0 saturated carbocycles. The lowest BCUT2D eigenvalue weighted by atomic mass is 10.1. The maximum atomic E-state index is 8.80. The minimum Gasteiger partial charge on any atom is -0.325 e. The predicted molar refractivity (Wildman–Crippen MR) is 75.7 cm³/mol. The third-order valence-electron chi connectivity index (χ3n) is 3.05. The van der Waals surface area contributed by atoms with E-state index in [4.69, 9.17) is 5.26 Å². The zero-order valence-electron chi connectivity index (χ0n) is 10.8. The number of pyridine rings is 1. The number of nitriles is 1. The van der Waals surface area contributed by atoms with Gasteiger partial charge in [0.1, 0.15) is 5.69 Å². The number of nitrogens with zero attached hydrogens (tertiary/aromatic N) is 4. The lowest BCUT2D eigenvalue weighted by molar-refractivity contribution is 0.803. The molecule has 0 saturated heterocycles. The fourth-order valence-corrected chi connectivity index (χ4v) is 2.05. The first-order chi connectivity index (χ1) is 9.86. The molecule has 0 atom stereocenters. The van der Waals surface area contributed by atoms with Crippen molar-refractivity contribution in [2.45, 2.75) is 6.54 Å². The van der Waals surface area contributed by atoms with Crippen LogP contribution in [0.1, 0.15) is 11.1 Å². The first-order valence-electron chi connectivity index (χ1n) is 6.28. The molecular formula is C16H12N4. The number of benzene rings is 1. The second-order valence-corrected chi connectivity index (χ2v) is 4.40. The van der Waals surface area contributed by atoms with Crippen molar-refractivity contribution in [3.8, 4) is 17.6 Å². The van der Waals surface area contributed by atoms with Crippen LogP contribution in [0, 0.1) is 11.3 Å². The van der Waals surface area contributed by atoms with E-state index in [-0.39, 0.29) is 0 Å². The highest BCUT2D eigenvalue weighted by Gasteiger charge is 2.07. The third kappa shape index (κ3) is 2.43. The molecule has 0 spiro atoms. The van der Waals surface area contributed by atoms with E-state index in [0.29, 0.717) is 12.1 Å². The Kier molecular flexibility index (Phi) is 3.25. The zero-order chi connectivity index (χ0) is 13.8. The van der Waals surface area contributed by atoms with E-state index in [9.17, 15) is 0 Å². The maximum absolute atomic E-state index is 8.80. The van der Waals surface area contributed by atoms with Gasteiger partial charge in [0.2, 0.25) is 0 Å². The van der Waals surface area contributed by atoms with Gasteiger partial charge in [-0.25, -0.2) is 4.98 Å². The quantitative estimate of drug-likeness (QED) is 0.727. The summed E-state index contributed by atoms with van der Waals surface area (Å²) < 4.78 is 2.05. The van der Waals surface area contributed by atoms with Crippen molar-refractivity contribution in [3.63, 3.8) is 0 Å². The monoisotopic (exact) mass is 260 g/mol. The SMILES string of the molecule is N#Cc1ccc(Cn2ccnc2-c2ccccn2)cc1. The molecule has 3 rings (SSSR count). The van der Waals surface area contributed by atoms with E-state index in [1.165, 1.54) is 0 Å². The Bertz CT molecular complexity index is 736.